The highest BCUT2D eigenvalue weighted by atomic mass is 15.1. The van der Waals surface area contributed by atoms with E-state index in [0.717, 1.165) is 6.42 Å². The Morgan fingerprint density at radius 2 is 1.85 bits per heavy atom. The van der Waals surface area contributed by atoms with Gasteiger partial charge in [-0.15, -0.1) is 0 Å². The maximum Gasteiger partial charge on any atom is 0.0412 e. The molecular weight excluding hydrogens is 160 g/mol. The van der Waals surface area contributed by atoms with Crippen molar-refractivity contribution in [1.82, 2.24) is 0 Å². The molecule has 0 aromatic carbocycles. The normalized spacial score (nSPS) is 21.0. The van der Waals surface area contributed by atoms with E-state index in [1.165, 1.54) is 31.4 Å². The van der Waals surface area contributed by atoms with Crippen LogP contribution in [0.5, 0.6) is 0 Å². The molecule has 0 aliphatic heterocycles. The van der Waals surface area contributed by atoms with Crippen LogP contribution < -0.4 is 5.84 Å². The average molecular weight is 182 g/mol. The molecule has 0 atom stereocenters. The molecule has 2 nitrogen and oxygen atoms in total. The van der Waals surface area contributed by atoms with Crippen molar-refractivity contribution in [3.05, 3.63) is 0 Å². The fourth-order valence-corrected chi connectivity index (χ4v) is 2.10. The van der Waals surface area contributed by atoms with Gasteiger partial charge in [-0.05, 0) is 30.6 Å². The zero-order chi connectivity index (χ0) is 9.90. The van der Waals surface area contributed by atoms with Crippen LogP contribution in [0.3, 0.4) is 0 Å². The molecule has 1 rings (SSSR count). The maximum atomic E-state index is 5.45. The molecule has 0 radical (unpaired) electrons. The van der Waals surface area contributed by atoms with Gasteiger partial charge in [-0.1, -0.05) is 33.6 Å². The molecule has 76 valence electrons. The molecule has 0 unspecified atom stereocenters. The van der Waals surface area contributed by atoms with Gasteiger partial charge >= 0.3 is 0 Å². The van der Waals surface area contributed by atoms with Crippen molar-refractivity contribution in [2.45, 2.75) is 52.9 Å². The van der Waals surface area contributed by atoms with Crippen molar-refractivity contribution in [3.8, 4) is 0 Å². The first-order valence-corrected chi connectivity index (χ1v) is 5.29. The molecule has 0 saturated heterocycles. The number of hydrogen-bond acceptors (Lipinski definition) is 2. The Labute approximate surface area is 81.6 Å². The van der Waals surface area contributed by atoms with E-state index in [4.69, 9.17) is 5.84 Å². The molecule has 0 amide bonds. The number of rotatable bonds is 2. The van der Waals surface area contributed by atoms with E-state index in [1.54, 1.807) is 0 Å². The lowest BCUT2D eigenvalue weighted by Crippen LogP contribution is -2.20. The quantitative estimate of drug-likeness (QED) is 0.398. The molecule has 1 saturated carbocycles. The fourth-order valence-electron chi connectivity index (χ4n) is 2.10. The molecule has 1 aliphatic rings. The van der Waals surface area contributed by atoms with Crippen LogP contribution >= 0.6 is 0 Å². The highest BCUT2D eigenvalue weighted by Crippen LogP contribution is 2.31. The Balaban J connectivity index is 2.53. The fraction of sp³-hybridized carbons (Fsp3) is 0.909. The summed E-state index contributed by atoms with van der Waals surface area (Å²) >= 11 is 0. The Bertz CT molecular complexity index is 183. The van der Waals surface area contributed by atoms with Gasteiger partial charge in [-0.3, -0.25) is 0 Å². The molecule has 2 heteroatoms. The third kappa shape index (κ3) is 3.37. The van der Waals surface area contributed by atoms with Crippen molar-refractivity contribution in [2.24, 2.45) is 22.3 Å². The van der Waals surface area contributed by atoms with Crippen LogP contribution in [0, 0.1) is 11.3 Å². The summed E-state index contributed by atoms with van der Waals surface area (Å²) in [7, 11) is 0. The number of nitrogens with zero attached hydrogens (tertiary/aromatic N) is 1. The standard InChI is InChI=1S/C11H22N2/c1-11(2,3)8-10(13-12)9-6-4-5-7-9/h9H,4-8,12H2,1-3H3/b13-10+. The highest BCUT2D eigenvalue weighted by molar-refractivity contribution is 5.87. The maximum absolute atomic E-state index is 5.45. The second-order valence-corrected chi connectivity index (χ2v) is 5.34. The lowest BCUT2D eigenvalue weighted by atomic mass is 9.84. The summed E-state index contributed by atoms with van der Waals surface area (Å²) in [4.78, 5) is 0. The summed E-state index contributed by atoms with van der Waals surface area (Å²) in [5.74, 6) is 6.13. The predicted molar refractivity (Wildman–Crippen MR) is 57.7 cm³/mol. The summed E-state index contributed by atoms with van der Waals surface area (Å²) in [6.45, 7) is 6.73. The summed E-state index contributed by atoms with van der Waals surface area (Å²) in [5, 5.41) is 3.97. The van der Waals surface area contributed by atoms with Gasteiger partial charge in [0.2, 0.25) is 0 Å². The van der Waals surface area contributed by atoms with E-state index in [2.05, 4.69) is 25.9 Å². The third-order valence-corrected chi connectivity index (χ3v) is 2.70. The minimum Gasteiger partial charge on any atom is -0.323 e. The highest BCUT2D eigenvalue weighted by Gasteiger charge is 2.24. The van der Waals surface area contributed by atoms with Crippen LogP contribution in [0.4, 0.5) is 0 Å². The minimum atomic E-state index is 0.320. The van der Waals surface area contributed by atoms with E-state index < -0.39 is 0 Å². The molecule has 0 heterocycles. The van der Waals surface area contributed by atoms with Crippen LogP contribution in [0.15, 0.2) is 5.10 Å². The van der Waals surface area contributed by atoms with Crippen LogP contribution in [0.25, 0.3) is 0 Å². The van der Waals surface area contributed by atoms with Gasteiger partial charge in [0.15, 0.2) is 0 Å². The second kappa shape index (κ2) is 4.12. The second-order valence-electron chi connectivity index (χ2n) is 5.34. The molecule has 13 heavy (non-hydrogen) atoms. The molecule has 0 aromatic rings. The largest absolute Gasteiger partial charge is 0.323 e. The summed E-state index contributed by atoms with van der Waals surface area (Å²) in [5.41, 5.74) is 1.56. The van der Waals surface area contributed by atoms with Crippen molar-refractivity contribution in [2.75, 3.05) is 0 Å². The smallest absolute Gasteiger partial charge is 0.0412 e. The monoisotopic (exact) mass is 182 g/mol. The van der Waals surface area contributed by atoms with E-state index in [9.17, 15) is 0 Å². The topological polar surface area (TPSA) is 38.4 Å². The average Bonchev–Trinajstić information content (AvgIpc) is 2.50. The van der Waals surface area contributed by atoms with E-state index in [0.29, 0.717) is 11.3 Å². The molecule has 2 N–H and O–H groups in total. The van der Waals surface area contributed by atoms with Crippen molar-refractivity contribution >= 4 is 5.71 Å². The van der Waals surface area contributed by atoms with Gasteiger partial charge in [-0.25, -0.2) is 0 Å². The third-order valence-electron chi connectivity index (χ3n) is 2.70. The molecule has 1 aliphatic carbocycles. The Morgan fingerprint density at radius 1 is 1.31 bits per heavy atom. The molecule has 0 aromatic heterocycles. The Kier molecular flexibility index (Phi) is 3.34. The first-order valence-electron chi connectivity index (χ1n) is 5.29. The van der Waals surface area contributed by atoms with Crippen molar-refractivity contribution in [1.29, 1.82) is 0 Å². The van der Waals surface area contributed by atoms with Crippen molar-refractivity contribution < 1.29 is 0 Å². The van der Waals surface area contributed by atoms with Gasteiger partial charge in [0.25, 0.3) is 0 Å². The number of hydrazone groups is 1. The molecular formula is C11H22N2. The molecule has 1 fully saturated rings. The molecule has 0 bridgehead atoms. The zero-order valence-electron chi connectivity index (χ0n) is 9.14. The zero-order valence-corrected chi connectivity index (χ0v) is 9.14. The minimum absolute atomic E-state index is 0.320. The number of nitrogens with two attached hydrogens (primary N) is 1. The summed E-state index contributed by atoms with van der Waals surface area (Å²) in [6, 6.07) is 0. The van der Waals surface area contributed by atoms with Crippen molar-refractivity contribution in [3.63, 3.8) is 0 Å². The lowest BCUT2D eigenvalue weighted by Gasteiger charge is -2.22. The first-order chi connectivity index (χ1) is 6.03. The van der Waals surface area contributed by atoms with Crippen LogP contribution in [0.2, 0.25) is 0 Å². The SMILES string of the molecule is CC(C)(C)C/C(=N\N)C1CCCC1. The summed E-state index contributed by atoms with van der Waals surface area (Å²) in [6.07, 6.45) is 6.36. The lowest BCUT2D eigenvalue weighted by molar-refractivity contribution is 0.424. The Morgan fingerprint density at radius 3 is 2.23 bits per heavy atom. The van der Waals surface area contributed by atoms with Crippen LogP contribution in [-0.2, 0) is 0 Å². The first kappa shape index (κ1) is 10.6. The summed E-state index contributed by atoms with van der Waals surface area (Å²) < 4.78 is 0. The van der Waals surface area contributed by atoms with Gasteiger partial charge < -0.3 is 5.84 Å². The van der Waals surface area contributed by atoms with Gasteiger partial charge in [-0.2, -0.15) is 5.10 Å². The Hall–Kier alpha value is -0.530. The number of hydrogen-bond donors (Lipinski definition) is 1. The van der Waals surface area contributed by atoms with E-state index in [1.807, 2.05) is 0 Å². The van der Waals surface area contributed by atoms with Gasteiger partial charge in [0.1, 0.15) is 0 Å². The van der Waals surface area contributed by atoms with E-state index >= 15 is 0 Å². The van der Waals surface area contributed by atoms with Crippen LogP contribution in [-0.4, -0.2) is 5.71 Å². The predicted octanol–water partition coefficient (Wildman–Crippen LogP) is 2.93. The van der Waals surface area contributed by atoms with E-state index in [-0.39, 0.29) is 0 Å². The molecule has 0 spiro atoms. The van der Waals surface area contributed by atoms with Gasteiger partial charge in [0, 0.05) is 5.71 Å². The van der Waals surface area contributed by atoms with Crippen LogP contribution in [0.1, 0.15) is 52.9 Å². The van der Waals surface area contributed by atoms with Gasteiger partial charge in [0.05, 0.1) is 0 Å².